The van der Waals surface area contributed by atoms with Crippen molar-refractivity contribution in [3.63, 3.8) is 0 Å². The summed E-state index contributed by atoms with van der Waals surface area (Å²) in [4.78, 5) is 18.3. The molecule has 6 N–H and O–H groups in total. The number of nitrogens with zero attached hydrogens (tertiary/aromatic N) is 2. The number of para-hydroxylation sites is 1. The molecule has 1 aromatic carbocycles. The van der Waals surface area contributed by atoms with E-state index in [2.05, 4.69) is 9.97 Å². The van der Waals surface area contributed by atoms with Gasteiger partial charge in [0.15, 0.2) is 17.2 Å². The fourth-order valence-corrected chi connectivity index (χ4v) is 6.12. The number of anilines is 1. The zero-order valence-electron chi connectivity index (χ0n) is 17.9. The lowest BCUT2D eigenvalue weighted by Gasteiger charge is -2.35. The smallest absolute Gasteiger partial charge is 0.404 e. The van der Waals surface area contributed by atoms with Crippen molar-refractivity contribution in [2.24, 2.45) is 0 Å². The molecule has 1 saturated carbocycles. The van der Waals surface area contributed by atoms with Crippen LogP contribution in [0.5, 0.6) is 5.75 Å². The van der Waals surface area contributed by atoms with E-state index in [0.717, 1.165) is 10.8 Å². The maximum absolute atomic E-state index is 14.7. The molecule has 6 rings (SSSR count). The number of hydrogen-bond acceptors (Lipinski definition) is 11. The Labute approximate surface area is 195 Å². The molecule has 13 nitrogen and oxygen atoms in total. The van der Waals surface area contributed by atoms with Crippen LogP contribution in [-0.4, -0.2) is 60.4 Å². The fourth-order valence-electron chi connectivity index (χ4n) is 4.86. The van der Waals surface area contributed by atoms with Gasteiger partial charge in [-0.3, -0.25) is 23.4 Å². The number of nitrogen functional groups attached to an aromatic ring is 1. The second-order valence-corrected chi connectivity index (χ2v) is 10.4. The number of hydrogen-bond donors (Lipinski definition) is 5. The van der Waals surface area contributed by atoms with Gasteiger partial charge in [0.2, 0.25) is 5.95 Å². The van der Waals surface area contributed by atoms with Gasteiger partial charge in [-0.1, -0.05) is 18.2 Å². The molecule has 3 aliphatic rings. The van der Waals surface area contributed by atoms with Crippen LogP contribution in [-0.2, 0) is 30.7 Å². The van der Waals surface area contributed by atoms with Gasteiger partial charge in [-0.15, -0.1) is 0 Å². The van der Waals surface area contributed by atoms with Crippen LogP contribution in [0.25, 0.3) is 11.0 Å². The summed E-state index contributed by atoms with van der Waals surface area (Å²) in [5.74, 6) is -1.04. The van der Waals surface area contributed by atoms with Crippen molar-refractivity contribution in [1.29, 1.82) is 0 Å². The molecule has 4 heterocycles. The molecule has 35 heavy (non-hydrogen) atoms. The lowest BCUT2D eigenvalue weighted by molar-refractivity contribution is -0.200. The van der Waals surface area contributed by atoms with Gasteiger partial charge in [0, 0.05) is 18.2 Å². The Morgan fingerprint density at radius 2 is 2.17 bits per heavy atom. The van der Waals surface area contributed by atoms with E-state index in [9.17, 15) is 29.1 Å². The predicted octanol–water partition coefficient (Wildman–Crippen LogP) is 0.0896. The third-order valence-electron chi connectivity index (χ3n) is 6.75. The third-order valence-corrected chi connectivity index (χ3v) is 8.06. The van der Waals surface area contributed by atoms with E-state index in [1.54, 1.807) is 24.3 Å². The largest absolute Gasteiger partial charge is 0.530 e. The van der Waals surface area contributed by atoms with E-state index in [0.29, 0.717) is 11.3 Å². The van der Waals surface area contributed by atoms with Gasteiger partial charge in [-0.25, -0.2) is 8.96 Å². The number of aliphatic hydroxyl groups is 3. The van der Waals surface area contributed by atoms with Gasteiger partial charge in [0.1, 0.15) is 28.4 Å². The molecule has 2 aliphatic heterocycles. The van der Waals surface area contributed by atoms with Gasteiger partial charge in [-0.2, -0.15) is 4.98 Å². The SMILES string of the molecule is Nc1nc2c(c(F)cn2[C@]2(CO)O[C@@]3(COP4(=O)OCc5ccccc5O4)C[C@]3(O)[C@H]2O)c(=O)[nH]1. The summed E-state index contributed by atoms with van der Waals surface area (Å²) in [5.41, 5.74) is -0.732. The molecule has 0 spiro atoms. The molecule has 1 aliphatic carbocycles. The van der Waals surface area contributed by atoms with Crippen LogP contribution in [0.2, 0.25) is 0 Å². The number of nitrogens with one attached hydrogen (secondary N) is 1. The summed E-state index contributed by atoms with van der Waals surface area (Å²) in [5, 5.41) is 32.0. The van der Waals surface area contributed by atoms with Crippen molar-refractivity contribution in [2.75, 3.05) is 18.9 Å². The van der Waals surface area contributed by atoms with Crippen molar-refractivity contribution in [3.05, 3.63) is 52.2 Å². The van der Waals surface area contributed by atoms with Crippen LogP contribution in [0, 0.1) is 5.82 Å². The Morgan fingerprint density at radius 1 is 1.40 bits per heavy atom. The van der Waals surface area contributed by atoms with Crippen molar-refractivity contribution < 1.29 is 42.6 Å². The van der Waals surface area contributed by atoms with E-state index in [-0.39, 0.29) is 24.6 Å². The number of H-pyrrole nitrogens is 1. The highest BCUT2D eigenvalue weighted by Gasteiger charge is 2.84. The summed E-state index contributed by atoms with van der Waals surface area (Å²) in [6, 6.07) is 6.78. The van der Waals surface area contributed by atoms with Gasteiger partial charge in [0.25, 0.3) is 5.56 Å². The Morgan fingerprint density at radius 3 is 2.94 bits per heavy atom. The summed E-state index contributed by atoms with van der Waals surface area (Å²) in [7, 11) is -4.11. The zero-order valence-corrected chi connectivity index (χ0v) is 18.8. The number of nitrogens with two attached hydrogens (primary N) is 1. The van der Waals surface area contributed by atoms with Crippen LogP contribution in [0.1, 0.15) is 12.0 Å². The van der Waals surface area contributed by atoms with Gasteiger partial charge < -0.3 is 30.3 Å². The lowest BCUT2D eigenvalue weighted by Crippen LogP contribution is -2.51. The van der Waals surface area contributed by atoms with Crippen LogP contribution < -0.4 is 15.8 Å². The average Bonchev–Trinajstić information content (AvgIpc) is 3.19. The summed E-state index contributed by atoms with van der Waals surface area (Å²) in [6.45, 7) is -1.54. The quantitative estimate of drug-likeness (QED) is 0.292. The Hall–Kier alpha value is -2.84. The molecule has 1 saturated heterocycles. The second kappa shape index (κ2) is 7.11. The summed E-state index contributed by atoms with van der Waals surface area (Å²) in [6.07, 6.45) is -1.17. The highest BCUT2D eigenvalue weighted by Crippen LogP contribution is 2.66. The topological polar surface area (TPSA) is 191 Å². The van der Waals surface area contributed by atoms with Gasteiger partial charge >= 0.3 is 7.82 Å². The number of ether oxygens (including phenoxy) is 1. The third kappa shape index (κ3) is 2.99. The molecule has 1 unspecified atom stereocenters. The first-order valence-electron chi connectivity index (χ1n) is 10.5. The summed E-state index contributed by atoms with van der Waals surface area (Å²) < 4.78 is 50.6. The van der Waals surface area contributed by atoms with E-state index < -0.39 is 60.8 Å². The first-order chi connectivity index (χ1) is 16.6. The minimum absolute atomic E-state index is 0.0367. The molecule has 5 atom stereocenters. The Kier molecular flexibility index (Phi) is 4.59. The maximum Gasteiger partial charge on any atom is 0.530 e. The van der Waals surface area contributed by atoms with E-state index in [1.807, 2.05) is 0 Å². The van der Waals surface area contributed by atoms with Crippen LogP contribution in [0.4, 0.5) is 10.3 Å². The number of phosphoric ester groups is 1. The highest BCUT2D eigenvalue weighted by atomic mass is 31.2. The number of aromatic amines is 1. The number of benzene rings is 1. The van der Waals surface area contributed by atoms with Crippen LogP contribution in [0.3, 0.4) is 0 Å². The fraction of sp³-hybridized carbons (Fsp3) is 0.400. The van der Waals surface area contributed by atoms with Crippen molar-refractivity contribution in [3.8, 4) is 5.75 Å². The number of rotatable bonds is 5. The molecule has 0 radical (unpaired) electrons. The Bertz CT molecular complexity index is 1480. The summed E-state index contributed by atoms with van der Waals surface area (Å²) >= 11 is 0. The molecule has 3 aromatic rings. The predicted molar refractivity (Wildman–Crippen MR) is 115 cm³/mol. The van der Waals surface area contributed by atoms with Gasteiger partial charge in [0.05, 0.1) is 19.8 Å². The number of phosphoric acid groups is 1. The van der Waals surface area contributed by atoms with Crippen molar-refractivity contribution in [2.45, 2.75) is 36.1 Å². The molecule has 186 valence electrons. The van der Waals surface area contributed by atoms with E-state index in [1.165, 1.54) is 0 Å². The first-order valence-corrected chi connectivity index (χ1v) is 12.0. The molecule has 0 bridgehead atoms. The number of fused-ring (bicyclic) bond motifs is 3. The number of halogens is 1. The monoisotopic (exact) mass is 510 g/mol. The minimum Gasteiger partial charge on any atom is -0.404 e. The first kappa shape index (κ1) is 22.6. The lowest BCUT2D eigenvalue weighted by atomic mass is 10.0. The maximum atomic E-state index is 14.7. The van der Waals surface area contributed by atoms with E-state index >= 15 is 0 Å². The highest BCUT2D eigenvalue weighted by molar-refractivity contribution is 7.49. The van der Waals surface area contributed by atoms with E-state index in [4.69, 9.17) is 24.0 Å². The second-order valence-electron chi connectivity index (χ2n) is 8.79. The standard InChI is InChI=1S/C20H20FN4O9P/c21-11-5-25(14-13(11)15(27)24-17(22)23-14)20(8-26)16(28)19(29)7-18(19,34-20)9-32-35(30)31-6-10-3-1-2-4-12(10)33-35/h1-5,16,26,28-29H,6-9H2,(H3,22,23,24,27)/t16-,18-,19+,20-,35?/m1/s1. The number of aliphatic hydroxyl groups excluding tert-OH is 2. The van der Waals surface area contributed by atoms with Gasteiger partial charge in [-0.05, 0) is 6.07 Å². The average molecular weight is 510 g/mol. The Balaban J connectivity index is 1.33. The minimum atomic E-state index is -4.11. The molecular formula is C20H20FN4O9P. The molecule has 2 aromatic heterocycles. The van der Waals surface area contributed by atoms with Crippen molar-refractivity contribution in [1.82, 2.24) is 14.5 Å². The number of aromatic nitrogens is 3. The zero-order chi connectivity index (χ0) is 24.8. The van der Waals surface area contributed by atoms with Crippen LogP contribution in [0.15, 0.2) is 35.3 Å². The normalized spacial score (nSPS) is 35.5. The molecular weight excluding hydrogens is 490 g/mol. The molecule has 15 heteroatoms. The van der Waals surface area contributed by atoms with Crippen LogP contribution >= 0.6 is 7.82 Å². The molecule has 0 amide bonds. The molecule has 2 fully saturated rings. The van der Waals surface area contributed by atoms with Crippen molar-refractivity contribution >= 4 is 24.8 Å².